The van der Waals surface area contributed by atoms with Gasteiger partial charge in [-0.1, -0.05) is 11.6 Å². The van der Waals surface area contributed by atoms with Gasteiger partial charge in [-0.2, -0.15) is 9.29 Å². The van der Waals surface area contributed by atoms with E-state index in [-0.39, 0.29) is 18.3 Å². The minimum absolute atomic E-state index is 0.0547. The van der Waals surface area contributed by atoms with Crippen LogP contribution in [0.2, 0.25) is 5.02 Å². The molecule has 3 aromatic rings. The van der Waals surface area contributed by atoms with Gasteiger partial charge in [0.05, 0.1) is 23.8 Å². The summed E-state index contributed by atoms with van der Waals surface area (Å²) >= 11 is 6.33. The van der Waals surface area contributed by atoms with Gasteiger partial charge in [0.25, 0.3) is 5.91 Å². The third kappa shape index (κ3) is 5.98. The van der Waals surface area contributed by atoms with Gasteiger partial charge in [-0.3, -0.25) is 9.78 Å². The van der Waals surface area contributed by atoms with E-state index >= 15 is 0 Å². The maximum absolute atomic E-state index is 12.9. The van der Waals surface area contributed by atoms with Gasteiger partial charge in [-0.25, -0.2) is 13.4 Å². The summed E-state index contributed by atoms with van der Waals surface area (Å²) in [4.78, 5) is 27.6. The number of carbonyl (C=O) groups excluding carboxylic acids is 1. The van der Waals surface area contributed by atoms with E-state index in [1.165, 1.54) is 10.5 Å². The Morgan fingerprint density at radius 3 is 2.66 bits per heavy atom. The van der Waals surface area contributed by atoms with Gasteiger partial charge in [-0.15, -0.1) is 0 Å². The van der Waals surface area contributed by atoms with E-state index in [1.54, 1.807) is 18.0 Å². The summed E-state index contributed by atoms with van der Waals surface area (Å²) in [7, 11) is -3.26. The van der Waals surface area contributed by atoms with Crippen LogP contribution in [0.3, 0.4) is 0 Å². The predicted octanol–water partition coefficient (Wildman–Crippen LogP) is 2.98. The van der Waals surface area contributed by atoms with E-state index in [2.05, 4.69) is 25.6 Å². The van der Waals surface area contributed by atoms with Crippen LogP contribution in [0.15, 0.2) is 42.9 Å². The second-order valence-corrected chi connectivity index (χ2v) is 11.7. The first-order chi connectivity index (χ1) is 18.3. The van der Waals surface area contributed by atoms with Crippen LogP contribution in [0.25, 0.3) is 0 Å². The van der Waals surface area contributed by atoms with Crippen molar-refractivity contribution < 1.29 is 17.9 Å². The summed E-state index contributed by atoms with van der Waals surface area (Å²) in [5.74, 6) is 1.32. The lowest BCUT2D eigenvalue weighted by Crippen LogP contribution is -2.51. The summed E-state index contributed by atoms with van der Waals surface area (Å²) in [6.45, 7) is 2.76. The van der Waals surface area contributed by atoms with Crippen molar-refractivity contribution >= 4 is 50.7 Å². The number of fused-ring (bicyclic) bond motifs is 6. The first-order valence-corrected chi connectivity index (χ1v) is 14.3. The van der Waals surface area contributed by atoms with E-state index in [9.17, 15) is 13.2 Å². The zero-order valence-electron chi connectivity index (χ0n) is 20.9. The molecule has 2 N–H and O–H groups in total. The maximum Gasteiger partial charge on any atom is 0.260 e. The Morgan fingerprint density at radius 2 is 1.87 bits per heavy atom. The Bertz CT molecular complexity index is 1450. The van der Waals surface area contributed by atoms with Crippen LogP contribution in [0.4, 0.5) is 23.1 Å². The fourth-order valence-corrected chi connectivity index (χ4v) is 5.60. The number of benzene rings is 1. The smallest absolute Gasteiger partial charge is 0.260 e. The molecule has 5 rings (SSSR count). The number of hydrogen-bond acceptors (Lipinski definition) is 9. The average Bonchev–Trinajstić information content (AvgIpc) is 2.93. The van der Waals surface area contributed by atoms with Crippen molar-refractivity contribution in [2.75, 3.05) is 49.2 Å². The standard InChI is InChI=1S/C25H28ClN7O4S/c1-2-38(35,36)33-9-7-32(8-10-33)23(34)16-37-22-6-5-19-12-18(22)4-3-17-11-20(14-27-13-17)30-25-28-15-21(26)24(29-19)31-25/h5-6,11-15H,2-4,7-10,16H2,1H3,(H2,28,29,30,31). The van der Waals surface area contributed by atoms with Gasteiger partial charge in [-0.05, 0) is 55.2 Å². The number of aromatic nitrogens is 3. The number of carbonyl (C=O) groups is 1. The van der Waals surface area contributed by atoms with Gasteiger partial charge >= 0.3 is 0 Å². The Kier molecular flexibility index (Phi) is 7.63. The van der Waals surface area contributed by atoms with Crippen LogP contribution in [-0.4, -0.2) is 77.0 Å². The number of hydrogen-bond donors (Lipinski definition) is 2. The van der Waals surface area contributed by atoms with Crippen molar-refractivity contribution in [3.05, 3.63) is 59.0 Å². The first kappa shape index (κ1) is 26.1. The fourth-order valence-electron chi connectivity index (χ4n) is 4.37. The highest BCUT2D eigenvalue weighted by molar-refractivity contribution is 7.89. The lowest BCUT2D eigenvalue weighted by atomic mass is 10.0. The molecule has 0 radical (unpaired) electrons. The van der Waals surface area contributed by atoms with Gasteiger partial charge in [0, 0.05) is 38.1 Å². The van der Waals surface area contributed by atoms with Crippen LogP contribution in [0.5, 0.6) is 5.75 Å². The van der Waals surface area contributed by atoms with E-state index < -0.39 is 10.0 Å². The Morgan fingerprint density at radius 1 is 1.05 bits per heavy atom. The second kappa shape index (κ2) is 11.1. The molecule has 13 heteroatoms. The van der Waals surface area contributed by atoms with E-state index in [4.69, 9.17) is 16.3 Å². The topological polar surface area (TPSA) is 130 Å². The van der Waals surface area contributed by atoms with E-state index in [0.29, 0.717) is 61.6 Å². The third-order valence-electron chi connectivity index (χ3n) is 6.50. The molecule has 11 nitrogen and oxygen atoms in total. The lowest BCUT2D eigenvalue weighted by Gasteiger charge is -2.33. The quantitative estimate of drug-likeness (QED) is 0.486. The average molecular weight is 558 g/mol. The number of pyridine rings is 1. The van der Waals surface area contributed by atoms with Crippen molar-refractivity contribution in [3.63, 3.8) is 0 Å². The van der Waals surface area contributed by atoms with E-state index in [1.807, 2.05) is 30.5 Å². The highest BCUT2D eigenvalue weighted by atomic mass is 35.5. The van der Waals surface area contributed by atoms with Crippen LogP contribution >= 0.6 is 11.6 Å². The number of halogens is 1. The molecule has 0 atom stereocenters. The summed E-state index contributed by atoms with van der Waals surface area (Å²) in [6.07, 6.45) is 6.38. The highest BCUT2D eigenvalue weighted by Gasteiger charge is 2.27. The Hall–Kier alpha value is -3.48. The summed E-state index contributed by atoms with van der Waals surface area (Å²) in [5, 5.41) is 6.77. The van der Waals surface area contributed by atoms with Crippen molar-refractivity contribution in [2.24, 2.45) is 0 Å². The number of sulfonamides is 1. The number of rotatable bonds is 5. The zero-order chi connectivity index (χ0) is 26.7. The predicted molar refractivity (Wildman–Crippen MR) is 145 cm³/mol. The normalized spacial score (nSPS) is 15.8. The minimum atomic E-state index is -3.26. The SMILES string of the molecule is CCS(=O)(=O)N1CCN(C(=O)COc2ccc3cc2CCc2cncc(c2)Nc2ncc(Cl)c(n2)N3)CC1. The van der Waals surface area contributed by atoms with Crippen molar-refractivity contribution in [1.82, 2.24) is 24.2 Å². The Labute approximate surface area is 226 Å². The summed E-state index contributed by atoms with van der Waals surface area (Å²) in [6, 6.07) is 7.60. The maximum atomic E-state index is 12.9. The van der Waals surface area contributed by atoms with Crippen LogP contribution in [0, 0.1) is 0 Å². The zero-order valence-corrected chi connectivity index (χ0v) is 22.4. The molecule has 4 heterocycles. The number of nitrogens with one attached hydrogen (secondary N) is 2. The number of anilines is 4. The third-order valence-corrected chi connectivity index (χ3v) is 8.66. The Balaban J connectivity index is 1.32. The molecule has 0 saturated carbocycles. The summed E-state index contributed by atoms with van der Waals surface area (Å²) < 4.78 is 31.6. The largest absolute Gasteiger partial charge is 0.483 e. The molecule has 0 aliphatic carbocycles. The van der Waals surface area contributed by atoms with Crippen LogP contribution in [0.1, 0.15) is 18.1 Å². The molecule has 1 saturated heterocycles. The molecule has 6 bridgehead atoms. The molecule has 0 unspecified atom stereocenters. The minimum Gasteiger partial charge on any atom is -0.483 e. The number of ether oxygens (including phenoxy) is 1. The monoisotopic (exact) mass is 557 g/mol. The molecule has 1 fully saturated rings. The number of nitrogens with zero attached hydrogens (tertiary/aromatic N) is 5. The fraction of sp³-hybridized carbons (Fsp3) is 0.360. The molecule has 2 aromatic heterocycles. The van der Waals surface area contributed by atoms with Gasteiger partial charge in [0.1, 0.15) is 10.8 Å². The molecule has 0 spiro atoms. The van der Waals surface area contributed by atoms with Crippen LogP contribution in [-0.2, 0) is 27.7 Å². The molecule has 38 heavy (non-hydrogen) atoms. The molecule has 1 amide bonds. The lowest BCUT2D eigenvalue weighted by molar-refractivity contribution is -0.134. The number of aryl methyl sites for hydroxylation is 2. The van der Waals surface area contributed by atoms with Gasteiger partial charge < -0.3 is 20.3 Å². The van der Waals surface area contributed by atoms with Crippen molar-refractivity contribution in [1.29, 1.82) is 0 Å². The molecular weight excluding hydrogens is 530 g/mol. The summed E-state index contributed by atoms with van der Waals surface area (Å²) in [5.41, 5.74) is 3.45. The molecule has 200 valence electrons. The molecule has 2 aliphatic heterocycles. The highest BCUT2D eigenvalue weighted by Crippen LogP contribution is 2.30. The second-order valence-electron chi connectivity index (χ2n) is 9.01. The van der Waals surface area contributed by atoms with Crippen LogP contribution < -0.4 is 15.4 Å². The van der Waals surface area contributed by atoms with Gasteiger partial charge in [0.2, 0.25) is 16.0 Å². The van der Waals surface area contributed by atoms with Crippen molar-refractivity contribution in [2.45, 2.75) is 19.8 Å². The number of piperazine rings is 1. The van der Waals surface area contributed by atoms with Gasteiger partial charge in [0.15, 0.2) is 12.4 Å². The molecule has 2 aliphatic rings. The van der Waals surface area contributed by atoms with E-state index in [0.717, 1.165) is 22.5 Å². The first-order valence-electron chi connectivity index (χ1n) is 12.3. The molecule has 1 aromatic carbocycles. The molecular formula is C25H28ClN7O4S. The van der Waals surface area contributed by atoms with Crippen molar-refractivity contribution in [3.8, 4) is 5.75 Å². The number of amides is 1.